The van der Waals surface area contributed by atoms with Gasteiger partial charge in [-0.25, -0.2) is 0 Å². The van der Waals surface area contributed by atoms with E-state index in [-0.39, 0.29) is 6.61 Å². The molecule has 0 aliphatic rings. The molecule has 21 heavy (non-hydrogen) atoms. The second kappa shape index (κ2) is 7.06. The summed E-state index contributed by atoms with van der Waals surface area (Å²) in [6, 6.07) is 13.3. The second-order valence-electron chi connectivity index (χ2n) is 4.63. The zero-order valence-electron chi connectivity index (χ0n) is 12.0. The highest BCUT2D eigenvalue weighted by atomic mass is 32.1. The summed E-state index contributed by atoms with van der Waals surface area (Å²) < 4.78 is 5.11. The maximum absolute atomic E-state index is 9.39. The monoisotopic (exact) mass is 302 g/mol. The van der Waals surface area contributed by atoms with Crippen LogP contribution in [0, 0.1) is 6.92 Å². The number of hydrogen-bond acceptors (Lipinski definition) is 3. The maximum Gasteiger partial charge on any atom is 0.175 e. The Kier molecular flexibility index (Phi) is 5.14. The number of anilines is 2. The quantitative estimate of drug-likeness (QED) is 0.757. The van der Waals surface area contributed by atoms with E-state index < -0.39 is 0 Å². The fraction of sp³-hybridized carbons (Fsp3) is 0.188. The molecule has 0 heterocycles. The van der Waals surface area contributed by atoms with Gasteiger partial charge < -0.3 is 20.5 Å². The van der Waals surface area contributed by atoms with E-state index in [0.29, 0.717) is 5.11 Å². The summed E-state index contributed by atoms with van der Waals surface area (Å²) in [5.41, 5.74) is 3.58. The van der Waals surface area contributed by atoms with Gasteiger partial charge in [0, 0.05) is 16.9 Å². The highest BCUT2D eigenvalue weighted by molar-refractivity contribution is 7.80. The molecule has 110 valence electrons. The number of nitrogens with one attached hydrogen (secondary N) is 2. The second-order valence-corrected chi connectivity index (χ2v) is 5.03. The Balaban J connectivity index is 2.04. The summed E-state index contributed by atoms with van der Waals surface area (Å²) in [5, 5.41) is 16.0. The van der Waals surface area contributed by atoms with Crippen LogP contribution in [0.25, 0.3) is 0 Å². The Morgan fingerprint density at radius 3 is 2.48 bits per heavy atom. The van der Waals surface area contributed by atoms with E-state index in [1.165, 1.54) is 0 Å². The van der Waals surface area contributed by atoms with Gasteiger partial charge in [-0.3, -0.25) is 0 Å². The van der Waals surface area contributed by atoms with Gasteiger partial charge in [0.2, 0.25) is 0 Å². The Morgan fingerprint density at radius 2 is 1.86 bits per heavy atom. The molecule has 3 N–H and O–H groups in total. The summed E-state index contributed by atoms with van der Waals surface area (Å²) >= 11 is 5.28. The summed E-state index contributed by atoms with van der Waals surface area (Å²) in [7, 11) is 1.63. The fourth-order valence-corrected chi connectivity index (χ4v) is 2.16. The van der Waals surface area contributed by atoms with Crippen LogP contribution in [0.4, 0.5) is 11.4 Å². The first kappa shape index (κ1) is 15.3. The van der Waals surface area contributed by atoms with Gasteiger partial charge in [0.15, 0.2) is 5.11 Å². The van der Waals surface area contributed by atoms with Crippen LogP contribution in [0.2, 0.25) is 0 Å². The first-order valence-corrected chi connectivity index (χ1v) is 6.95. The molecule has 0 saturated heterocycles. The lowest BCUT2D eigenvalue weighted by molar-refractivity contribution is 0.282. The van der Waals surface area contributed by atoms with Crippen molar-refractivity contribution in [3.63, 3.8) is 0 Å². The van der Waals surface area contributed by atoms with Crippen molar-refractivity contribution in [3.05, 3.63) is 53.6 Å². The molecule has 5 heteroatoms. The number of rotatable bonds is 4. The molecule has 0 aliphatic heterocycles. The minimum atomic E-state index is -0.0326. The van der Waals surface area contributed by atoms with Gasteiger partial charge in [-0.15, -0.1) is 0 Å². The molecule has 2 aromatic carbocycles. The third-order valence-corrected chi connectivity index (χ3v) is 3.23. The van der Waals surface area contributed by atoms with Gasteiger partial charge in [0.1, 0.15) is 5.75 Å². The van der Waals surface area contributed by atoms with Crippen molar-refractivity contribution >= 4 is 28.7 Å². The molecule has 2 aromatic rings. The minimum Gasteiger partial charge on any atom is -0.497 e. The molecule has 0 aliphatic carbocycles. The number of ether oxygens (including phenoxy) is 1. The van der Waals surface area contributed by atoms with Gasteiger partial charge in [0.05, 0.1) is 13.7 Å². The maximum atomic E-state index is 9.39. The summed E-state index contributed by atoms with van der Waals surface area (Å²) in [4.78, 5) is 0. The van der Waals surface area contributed by atoms with Gasteiger partial charge >= 0.3 is 0 Å². The molecule has 0 fully saturated rings. The van der Waals surface area contributed by atoms with Crippen LogP contribution in [0.5, 0.6) is 5.75 Å². The average molecular weight is 302 g/mol. The number of aliphatic hydroxyl groups excluding tert-OH is 1. The Hall–Kier alpha value is -2.11. The zero-order valence-corrected chi connectivity index (χ0v) is 12.8. The summed E-state index contributed by atoms with van der Waals surface area (Å²) in [6.45, 7) is 1.95. The Labute approximate surface area is 129 Å². The SMILES string of the molecule is COc1ccc(NC(=S)Nc2ccc(C)cc2CO)cc1. The predicted octanol–water partition coefficient (Wildman–Crippen LogP) is 3.30. The molecular weight excluding hydrogens is 284 g/mol. The van der Waals surface area contributed by atoms with E-state index in [1.807, 2.05) is 49.4 Å². The smallest absolute Gasteiger partial charge is 0.175 e. The van der Waals surface area contributed by atoms with Gasteiger partial charge in [0.25, 0.3) is 0 Å². The van der Waals surface area contributed by atoms with E-state index in [0.717, 1.165) is 28.3 Å². The highest BCUT2D eigenvalue weighted by Crippen LogP contribution is 2.19. The van der Waals surface area contributed by atoms with Crippen LogP contribution in [0.3, 0.4) is 0 Å². The van der Waals surface area contributed by atoms with Crippen molar-refractivity contribution in [2.75, 3.05) is 17.7 Å². The summed E-state index contributed by atoms with van der Waals surface area (Å²) in [6.07, 6.45) is 0. The molecular formula is C16H18N2O2S. The van der Waals surface area contributed by atoms with Gasteiger partial charge in [-0.2, -0.15) is 0 Å². The molecule has 0 spiro atoms. The predicted molar refractivity (Wildman–Crippen MR) is 89.9 cm³/mol. The lowest BCUT2D eigenvalue weighted by Crippen LogP contribution is -2.20. The topological polar surface area (TPSA) is 53.5 Å². The van der Waals surface area contributed by atoms with E-state index in [9.17, 15) is 5.11 Å². The van der Waals surface area contributed by atoms with E-state index in [4.69, 9.17) is 17.0 Å². The van der Waals surface area contributed by atoms with Gasteiger partial charge in [-0.05, 0) is 49.5 Å². The van der Waals surface area contributed by atoms with E-state index in [2.05, 4.69) is 10.6 Å². The fourth-order valence-electron chi connectivity index (χ4n) is 1.93. The molecule has 2 rings (SSSR count). The van der Waals surface area contributed by atoms with Crippen LogP contribution in [0.15, 0.2) is 42.5 Å². The van der Waals surface area contributed by atoms with Crippen LogP contribution in [-0.4, -0.2) is 17.3 Å². The molecule has 0 bridgehead atoms. The van der Waals surface area contributed by atoms with Crippen LogP contribution < -0.4 is 15.4 Å². The van der Waals surface area contributed by atoms with Crippen molar-refractivity contribution in [3.8, 4) is 5.75 Å². The third-order valence-electron chi connectivity index (χ3n) is 3.03. The lowest BCUT2D eigenvalue weighted by Gasteiger charge is -2.14. The number of hydrogen-bond donors (Lipinski definition) is 3. The largest absolute Gasteiger partial charge is 0.497 e. The number of methoxy groups -OCH3 is 1. The molecule has 0 saturated carbocycles. The number of aryl methyl sites for hydroxylation is 1. The normalized spacial score (nSPS) is 10.0. The molecule has 0 unspecified atom stereocenters. The first-order valence-electron chi connectivity index (χ1n) is 6.55. The standard InChI is InChI=1S/C16H18N2O2S/c1-11-3-8-15(12(9-11)10-19)18-16(21)17-13-4-6-14(20-2)7-5-13/h3-9,19H,10H2,1-2H3,(H2,17,18,21). The first-order chi connectivity index (χ1) is 10.1. The number of benzene rings is 2. The molecule has 4 nitrogen and oxygen atoms in total. The zero-order chi connectivity index (χ0) is 15.2. The number of aliphatic hydroxyl groups is 1. The highest BCUT2D eigenvalue weighted by Gasteiger charge is 2.04. The molecule has 0 aromatic heterocycles. The van der Waals surface area contributed by atoms with Crippen molar-refractivity contribution < 1.29 is 9.84 Å². The third kappa shape index (κ3) is 4.18. The Morgan fingerprint density at radius 1 is 1.14 bits per heavy atom. The van der Waals surface area contributed by atoms with Crippen LogP contribution in [-0.2, 0) is 6.61 Å². The molecule has 0 radical (unpaired) electrons. The summed E-state index contributed by atoms with van der Waals surface area (Å²) in [5.74, 6) is 0.792. The van der Waals surface area contributed by atoms with E-state index in [1.54, 1.807) is 7.11 Å². The Bertz CT molecular complexity index is 627. The molecule has 0 atom stereocenters. The van der Waals surface area contributed by atoms with Gasteiger partial charge in [-0.1, -0.05) is 17.7 Å². The number of thiocarbonyl (C=S) groups is 1. The average Bonchev–Trinajstić information content (AvgIpc) is 2.49. The minimum absolute atomic E-state index is 0.0326. The van der Waals surface area contributed by atoms with Crippen molar-refractivity contribution in [1.82, 2.24) is 0 Å². The van der Waals surface area contributed by atoms with Crippen LogP contribution >= 0.6 is 12.2 Å². The molecule has 0 amide bonds. The lowest BCUT2D eigenvalue weighted by atomic mass is 10.1. The van der Waals surface area contributed by atoms with Crippen molar-refractivity contribution in [1.29, 1.82) is 0 Å². The van der Waals surface area contributed by atoms with Crippen molar-refractivity contribution in [2.45, 2.75) is 13.5 Å². The van der Waals surface area contributed by atoms with E-state index >= 15 is 0 Å². The van der Waals surface area contributed by atoms with Crippen LogP contribution in [0.1, 0.15) is 11.1 Å². The van der Waals surface area contributed by atoms with Crippen molar-refractivity contribution in [2.24, 2.45) is 0 Å².